The fraction of sp³-hybridized carbons (Fsp3) is 0.356. The van der Waals surface area contributed by atoms with Crippen molar-refractivity contribution in [2.24, 2.45) is 0 Å². The molecule has 5 aliphatic heterocycles. The Hall–Kier alpha value is -10.5. The van der Waals surface area contributed by atoms with Gasteiger partial charge in [-0.3, -0.25) is 38.4 Å². The van der Waals surface area contributed by atoms with Gasteiger partial charge in [0.1, 0.15) is 3.70 Å². The molecule has 4 aromatic heterocycles. The Morgan fingerprint density at radius 1 is 0.444 bits per heavy atom. The second-order valence-electron chi connectivity index (χ2n) is 31.7. The van der Waals surface area contributed by atoms with Gasteiger partial charge in [-0.1, -0.05) is 75.9 Å². The number of nitrogens with zero attached hydrogens (tertiary/aromatic N) is 14. The van der Waals surface area contributed by atoms with Crippen LogP contribution in [0, 0.1) is 3.70 Å². The zero-order valence-corrected chi connectivity index (χ0v) is 80.5. The molecule has 15 rings (SSSR count). The lowest BCUT2D eigenvalue weighted by Crippen LogP contribution is -2.44. The molecule has 126 heavy (non-hydrogen) atoms. The Balaban J connectivity index is 0.000000163. The van der Waals surface area contributed by atoms with Crippen molar-refractivity contribution in [1.82, 2.24) is 68.4 Å². The highest BCUT2D eigenvalue weighted by Gasteiger charge is 2.32. The van der Waals surface area contributed by atoms with Gasteiger partial charge in [-0.2, -0.15) is 10.2 Å². The Morgan fingerprint density at radius 2 is 0.802 bits per heavy atom. The summed E-state index contributed by atoms with van der Waals surface area (Å²) in [5.74, 6) is -2.75. The first-order valence-corrected chi connectivity index (χ1v) is 45.1. The van der Waals surface area contributed by atoms with E-state index in [1.165, 1.54) is 26.8 Å². The molecular weight excluding hydrogens is 1990 g/mol. The number of likely N-dealkylation sites (tertiary alicyclic amines) is 4. The van der Waals surface area contributed by atoms with Crippen molar-refractivity contribution in [2.45, 2.75) is 103 Å². The number of amides is 7. The summed E-state index contributed by atoms with van der Waals surface area (Å²) < 4.78 is 12.2. The van der Waals surface area contributed by atoms with E-state index in [0.29, 0.717) is 101 Å². The highest BCUT2D eigenvalue weighted by molar-refractivity contribution is 14.1. The monoisotopic (exact) mass is 2090 g/mol. The van der Waals surface area contributed by atoms with E-state index >= 15 is 0 Å². The lowest BCUT2D eigenvalue weighted by Gasteiger charge is -2.35. The average Bonchev–Trinajstić information content (AvgIpc) is 1.53. The number of rotatable bonds is 14. The Morgan fingerprint density at radius 3 is 1.21 bits per heavy atom. The molecule has 6 aromatic carbocycles. The predicted octanol–water partition coefficient (Wildman–Crippen LogP) is 13.8. The number of carboxylic acids is 1. The maximum Gasteiger partial charge on any atom is 0.346 e. The van der Waals surface area contributed by atoms with Crippen LogP contribution in [0.1, 0.15) is 140 Å². The maximum atomic E-state index is 13.2. The maximum absolute atomic E-state index is 13.2. The van der Waals surface area contributed by atoms with Crippen molar-refractivity contribution < 1.29 is 57.8 Å². The number of halogens is 5. The molecule has 10 aromatic rings. The molecule has 9 heterocycles. The quantitative estimate of drug-likeness (QED) is 0.0255. The van der Waals surface area contributed by atoms with Gasteiger partial charge in [-0.25, -0.2) is 28.6 Å². The molecule has 0 unspecified atom stereocenters. The number of carbonyl (C=O) groups is 10. The second kappa shape index (κ2) is 45.3. The Labute approximate surface area is 779 Å². The van der Waals surface area contributed by atoms with E-state index in [9.17, 15) is 47.9 Å². The van der Waals surface area contributed by atoms with Crippen molar-refractivity contribution in [3.63, 3.8) is 0 Å². The molecule has 666 valence electrons. The third kappa shape index (κ3) is 26.6. The van der Waals surface area contributed by atoms with Crippen LogP contribution in [0.2, 0.25) is 0 Å². The Kier molecular flexibility index (Phi) is 35.1. The third-order valence-electron chi connectivity index (χ3n) is 22.1. The van der Waals surface area contributed by atoms with Gasteiger partial charge in [-0.05, 0) is 257 Å². The SMILES string of the molecule is CC(=O)Nc1cc(-c2ccc3ncc(I)n3n2)ccc1C(=O)N1CCC(N(C)C)CC1.CC(=O)Nc1cc(-c2ccc3nccn3n2)ccc1C(=O)N1CCC(N(C)C)CC1.CC(=O)Nc1cc(Br)ccc1C(=O)N1CCC(N(C)C)CC1.CN(C)C1CCN(C(=O)c2ccc(Br)cc2N)CC1.Nc1cc(Br)ccc1C(=O)O.O=C1Cc2cc(Br)ccc2C(=O)O1. The van der Waals surface area contributed by atoms with Gasteiger partial charge in [-0.15, -0.1) is 0 Å². The number of aromatic nitrogens is 6. The summed E-state index contributed by atoms with van der Waals surface area (Å²) in [7, 11) is 16.6. The van der Waals surface area contributed by atoms with E-state index < -0.39 is 17.9 Å². The van der Waals surface area contributed by atoms with Crippen LogP contribution in [0.5, 0.6) is 0 Å². The van der Waals surface area contributed by atoms with Gasteiger partial charge >= 0.3 is 17.9 Å². The van der Waals surface area contributed by atoms with E-state index in [4.69, 9.17) is 16.6 Å². The number of anilines is 5. The molecule has 0 atom stereocenters. The topological polar surface area (TPSA) is 375 Å². The number of nitrogen functional groups attached to an aromatic ring is 2. The van der Waals surface area contributed by atoms with E-state index in [-0.39, 0.29) is 59.0 Å². The van der Waals surface area contributed by atoms with E-state index in [2.05, 4.69) is 203 Å². The molecule has 31 nitrogen and oxygen atoms in total. The average molecular weight is 2090 g/mol. The van der Waals surface area contributed by atoms with Crippen LogP contribution in [-0.2, 0) is 30.3 Å². The molecule has 5 aliphatic rings. The first-order valence-electron chi connectivity index (χ1n) is 40.8. The van der Waals surface area contributed by atoms with Crippen LogP contribution in [0.25, 0.3) is 33.8 Å². The second-order valence-corrected chi connectivity index (χ2v) is 36.5. The molecule has 0 bridgehead atoms. The van der Waals surface area contributed by atoms with Crippen LogP contribution < -0.4 is 27.4 Å². The van der Waals surface area contributed by atoms with Crippen molar-refractivity contribution in [2.75, 3.05) is 136 Å². The summed E-state index contributed by atoms with van der Waals surface area (Å²) >= 11 is 15.4. The van der Waals surface area contributed by atoms with E-state index in [1.54, 1.807) is 94.4 Å². The number of nitrogens with one attached hydrogen (secondary N) is 3. The predicted molar refractivity (Wildman–Crippen MR) is 509 cm³/mol. The first-order chi connectivity index (χ1) is 59.9. The number of esters is 2. The summed E-state index contributed by atoms with van der Waals surface area (Å²) in [6.07, 6.45) is 13.2. The van der Waals surface area contributed by atoms with Gasteiger partial charge in [0, 0.05) is 150 Å². The summed E-state index contributed by atoms with van der Waals surface area (Å²) in [4.78, 5) is 144. The minimum Gasteiger partial charge on any atom is -0.478 e. The molecule has 7 amide bonds. The minimum absolute atomic E-state index is 0.0199. The lowest BCUT2D eigenvalue weighted by molar-refractivity contribution is -0.138. The summed E-state index contributed by atoms with van der Waals surface area (Å²) in [6.45, 7) is 10.3. The largest absolute Gasteiger partial charge is 0.478 e. The third-order valence-corrected chi connectivity index (χ3v) is 24.8. The van der Waals surface area contributed by atoms with Crippen molar-refractivity contribution in [3.05, 3.63) is 213 Å². The highest BCUT2D eigenvalue weighted by atomic mass is 127. The number of imidazole rings is 2. The standard InChI is InChI=1S/C22H25IN6O2.C22H26N6O2.C16H22BrN3O2.C14H20BrN3O.C9H5BrO3.C7H6BrNO2/c1-14(30)25-19-12-15(18-6-7-21-24-13-20(23)29(21)26-18)4-5-17(19)22(31)28-10-8-16(9-11-28)27(2)3;1-15(29)24-20-14-16(19-6-7-21-23-10-13-28(21)25-19)4-5-18(20)22(30)27-11-8-17(9-12-27)26(2)3;1-11(21)18-15-10-12(17)4-5-14(15)16(22)20-8-6-13(7-9-20)19(2)3;1-17(2)11-5-7-18(8-6-11)14(19)12-4-3-10(15)9-13(12)16;10-6-1-2-7-5(3-6)4-8(11)13-9(7)12;8-4-1-2-5(7(10)11)6(9)3-4/h4-7,12-13,16H,8-11H2,1-3H3,(H,25,30);4-7,10,13-14,17H,8-9,11-12H2,1-3H3,(H,24,29);4-5,10,13H,6-9H2,1-3H3,(H,18,21);3-4,9,11H,5-8,16H2,1-2H3;1-3H,4H2;1-3H,9H2,(H,10,11). The number of ether oxygens (including phenoxy) is 1. The fourth-order valence-corrected chi connectivity index (χ4v) is 17.1. The van der Waals surface area contributed by atoms with Crippen LogP contribution in [0.4, 0.5) is 28.4 Å². The van der Waals surface area contributed by atoms with Gasteiger partial charge < -0.3 is 76.5 Å². The number of aromatic carboxylic acids is 1. The molecule has 36 heteroatoms. The summed E-state index contributed by atoms with van der Waals surface area (Å²) in [5.41, 5.74) is 21.8. The molecule has 0 spiro atoms. The summed E-state index contributed by atoms with van der Waals surface area (Å²) in [6, 6.07) is 41.2. The normalized spacial score (nSPS) is 15.0. The summed E-state index contributed by atoms with van der Waals surface area (Å²) in [5, 5.41) is 26.2. The smallest absolute Gasteiger partial charge is 0.346 e. The number of benzene rings is 6. The molecule has 0 saturated carbocycles. The molecule has 0 radical (unpaired) electrons. The van der Waals surface area contributed by atoms with Gasteiger partial charge in [0.25, 0.3) is 23.6 Å². The van der Waals surface area contributed by atoms with E-state index in [0.717, 1.165) is 139 Å². The molecule has 4 saturated heterocycles. The number of nitrogens with two attached hydrogens (primary N) is 2. The van der Waals surface area contributed by atoms with Crippen LogP contribution >= 0.6 is 86.3 Å². The first kappa shape index (κ1) is 97.7. The molecule has 4 fully saturated rings. The Bertz CT molecular complexity index is 5640. The number of cyclic esters (lactones) is 2. The number of hydrogen-bond donors (Lipinski definition) is 6. The zero-order valence-electron chi connectivity index (χ0n) is 72.0. The van der Waals surface area contributed by atoms with Crippen LogP contribution in [0.3, 0.4) is 0 Å². The van der Waals surface area contributed by atoms with Crippen molar-refractivity contribution >= 4 is 185 Å². The number of carboxylic acid groups (broad SMARTS) is 1. The van der Waals surface area contributed by atoms with E-state index in [1.807, 2.05) is 80.3 Å². The zero-order chi connectivity index (χ0) is 91.5. The number of fused-ring (bicyclic) bond motifs is 3. The number of carbonyl (C=O) groups excluding carboxylic acids is 9. The molecular formula is C90H104Br4IN19O12. The van der Waals surface area contributed by atoms with Crippen molar-refractivity contribution in [1.29, 1.82) is 0 Å². The molecule has 0 aliphatic carbocycles. The van der Waals surface area contributed by atoms with Gasteiger partial charge in [0.05, 0.1) is 74.4 Å². The van der Waals surface area contributed by atoms with Gasteiger partial charge in [0.2, 0.25) is 17.7 Å². The van der Waals surface area contributed by atoms with Crippen LogP contribution in [0.15, 0.2) is 170 Å². The molecule has 8 N–H and O–H groups in total. The van der Waals surface area contributed by atoms with Crippen LogP contribution in [-0.4, -0.2) is 266 Å². The highest BCUT2D eigenvalue weighted by Crippen LogP contribution is 2.33. The minimum atomic E-state index is -1.00. The lowest BCUT2D eigenvalue weighted by atomic mass is 10.0. The fourth-order valence-electron chi connectivity index (χ4n) is 15.1. The number of hydrogen-bond acceptors (Lipinski definition) is 21. The van der Waals surface area contributed by atoms with Gasteiger partial charge in [0.15, 0.2) is 11.3 Å². The number of piperidine rings is 4. The van der Waals surface area contributed by atoms with Crippen molar-refractivity contribution in [3.8, 4) is 22.5 Å².